The van der Waals surface area contributed by atoms with Gasteiger partial charge in [0.05, 0.1) is 6.61 Å². The highest BCUT2D eigenvalue weighted by atomic mass is 16.5. The summed E-state index contributed by atoms with van der Waals surface area (Å²) in [6, 6.07) is 22.7. The molecule has 3 rings (SSSR count). The van der Waals surface area contributed by atoms with Crippen LogP contribution in [0.5, 0.6) is 5.75 Å². The quantitative estimate of drug-likeness (QED) is 0.536. The summed E-state index contributed by atoms with van der Waals surface area (Å²) < 4.78 is 5.45. The van der Waals surface area contributed by atoms with Crippen LogP contribution in [0.3, 0.4) is 0 Å². The SMILES string of the molecule is CCOc1cccc(/C=C(\C#N)C(=O)Nc2cccc3ccccc23)c1. The van der Waals surface area contributed by atoms with E-state index in [4.69, 9.17) is 4.74 Å². The van der Waals surface area contributed by atoms with Gasteiger partial charge in [-0.1, -0.05) is 48.5 Å². The van der Waals surface area contributed by atoms with Crippen molar-refractivity contribution in [3.63, 3.8) is 0 Å². The molecule has 0 spiro atoms. The summed E-state index contributed by atoms with van der Waals surface area (Å²) in [6.07, 6.45) is 1.56. The van der Waals surface area contributed by atoms with Gasteiger partial charge in [-0.3, -0.25) is 4.79 Å². The monoisotopic (exact) mass is 342 g/mol. The molecule has 0 aliphatic rings. The van der Waals surface area contributed by atoms with E-state index in [9.17, 15) is 10.1 Å². The number of anilines is 1. The maximum absolute atomic E-state index is 12.6. The molecule has 128 valence electrons. The van der Waals surface area contributed by atoms with Gasteiger partial charge < -0.3 is 10.1 Å². The molecule has 0 atom stereocenters. The van der Waals surface area contributed by atoms with E-state index in [2.05, 4.69) is 5.32 Å². The van der Waals surface area contributed by atoms with E-state index in [1.54, 1.807) is 12.1 Å². The van der Waals surface area contributed by atoms with Crippen LogP contribution in [0, 0.1) is 11.3 Å². The highest BCUT2D eigenvalue weighted by molar-refractivity contribution is 6.12. The lowest BCUT2D eigenvalue weighted by Gasteiger charge is -2.08. The van der Waals surface area contributed by atoms with E-state index >= 15 is 0 Å². The molecule has 4 nitrogen and oxygen atoms in total. The molecule has 0 fully saturated rings. The second kappa shape index (κ2) is 8.00. The van der Waals surface area contributed by atoms with Gasteiger partial charge >= 0.3 is 0 Å². The van der Waals surface area contributed by atoms with Crippen LogP contribution in [0.1, 0.15) is 12.5 Å². The topological polar surface area (TPSA) is 62.1 Å². The molecular weight excluding hydrogens is 324 g/mol. The lowest BCUT2D eigenvalue weighted by atomic mass is 10.1. The van der Waals surface area contributed by atoms with Gasteiger partial charge in [0.2, 0.25) is 0 Å². The Kier molecular flexibility index (Phi) is 5.31. The number of rotatable bonds is 5. The number of hydrogen-bond donors (Lipinski definition) is 1. The molecule has 0 radical (unpaired) electrons. The summed E-state index contributed by atoms with van der Waals surface area (Å²) >= 11 is 0. The first-order valence-electron chi connectivity index (χ1n) is 8.35. The Hall–Kier alpha value is -3.58. The molecule has 0 bridgehead atoms. The van der Waals surface area contributed by atoms with Gasteiger partial charge in [-0.2, -0.15) is 5.26 Å². The van der Waals surface area contributed by atoms with Crippen LogP contribution in [0.15, 0.2) is 72.3 Å². The number of hydrogen-bond acceptors (Lipinski definition) is 3. The first-order valence-corrected chi connectivity index (χ1v) is 8.35. The van der Waals surface area contributed by atoms with E-state index < -0.39 is 5.91 Å². The Morgan fingerprint density at radius 1 is 1.12 bits per heavy atom. The molecule has 3 aromatic rings. The minimum atomic E-state index is -0.439. The number of amides is 1. The Morgan fingerprint density at radius 3 is 2.69 bits per heavy atom. The van der Waals surface area contributed by atoms with Crippen LogP contribution < -0.4 is 10.1 Å². The molecule has 26 heavy (non-hydrogen) atoms. The molecule has 0 saturated carbocycles. The number of fused-ring (bicyclic) bond motifs is 1. The van der Waals surface area contributed by atoms with Gasteiger partial charge in [-0.25, -0.2) is 0 Å². The van der Waals surface area contributed by atoms with Crippen molar-refractivity contribution in [2.24, 2.45) is 0 Å². The second-order valence-electron chi connectivity index (χ2n) is 5.66. The van der Waals surface area contributed by atoms with Crippen LogP contribution in [-0.4, -0.2) is 12.5 Å². The average molecular weight is 342 g/mol. The maximum atomic E-state index is 12.6. The molecule has 0 saturated heterocycles. The fourth-order valence-corrected chi connectivity index (χ4v) is 2.70. The number of carbonyl (C=O) groups is 1. The zero-order valence-corrected chi connectivity index (χ0v) is 14.4. The van der Waals surface area contributed by atoms with Crippen LogP contribution in [0.25, 0.3) is 16.8 Å². The van der Waals surface area contributed by atoms with E-state index in [0.29, 0.717) is 18.0 Å². The van der Waals surface area contributed by atoms with Gasteiger partial charge in [-0.05, 0) is 42.1 Å². The fourth-order valence-electron chi connectivity index (χ4n) is 2.70. The number of nitriles is 1. The molecule has 3 aromatic carbocycles. The predicted molar refractivity (Wildman–Crippen MR) is 104 cm³/mol. The lowest BCUT2D eigenvalue weighted by Crippen LogP contribution is -2.13. The van der Waals surface area contributed by atoms with Crippen molar-refractivity contribution in [3.8, 4) is 11.8 Å². The molecule has 0 unspecified atom stereocenters. The minimum absolute atomic E-state index is 0.0339. The molecule has 0 heterocycles. The van der Waals surface area contributed by atoms with Crippen molar-refractivity contribution >= 4 is 28.4 Å². The summed E-state index contributed by atoms with van der Waals surface area (Å²) in [5, 5.41) is 14.2. The second-order valence-corrected chi connectivity index (χ2v) is 5.66. The maximum Gasteiger partial charge on any atom is 0.266 e. The summed E-state index contributed by atoms with van der Waals surface area (Å²) in [4.78, 5) is 12.6. The van der Waals surface area contributed by atoms with Gasteiger partial charge in [0.25, 0.3) is 5.91 Å². The molecule has 1 amide bonds. The van der Waals surface area contributed by atoms with Gasteiger partial charge in [0, 0.05) is 11.1 Å². The third kappa shape index (κ3) is 3.90. The van der Waals surface area contributed by atoms with E-state index in [0.717, 1.165) is 16.3 Å². The van der Waals surface area contributed by atoms with Crippen molar-refractivity contribution in [2.75, 3.05) is 11.9 Å². The van der Waals surface area contributed by atoms with E-state index in [1.807, 2.05) is 73.7 Å². The summed E-state index contributed by atoms with van der Waals surface area (Å²) in [6.45, 7) is 2.46. The van der Waals surface area contributed by atoms with Crippen molar-refractivity contribution in [1.82, 2.24) is 0 Å². The highest BCUT2D eigenvalue weighted by Crippen LogP contribution is 2.24. The van der Waals surface area contributed by atoms with Crippen molar-refractivity contribution < 1.29 is 9.53 Å². The van der Waals surface area contributed by atoms with Crippen molar-refractivity contribution in [1.29, 1.82) is 5.26 Å². The molecule has 1 N–H and O–H groups in total. The molecule has 0 aliphatic heterocycles. The van der Waals surface area contributed by atoms with Gasteiger partial charge in [-0.15, -0.1) is 0 Å². The fraction of sp³-hybridized carbons (Fsp3) is 0.0909. The Labute approximate surface area is 152 Å². The molecular formula is C22H18N2O2. The normalized spacial score (nSPS) is 11.0. The summed E-state index contributed by atoms with van der Waals surface area (Å²) in [5.41, 5.74) is 1.45. The van der Waals surface area contributed by atoms with E-state index in [-0.39, 0.29) is 5.57 Å². The predicted octanol–water partition coefficient (Wildman–Crippen LogP) is 4.78. The van der Waals surface area contributed by atoms with Crippen molar-refractivity contribution in [3.05, 3.63) is 77.9 Å². The molecule has 4 heteroatoms. The number of nitrogens with one attached hydrogen (secondary N) is 1. The highest BCUT2D eigenvalue weighted by Gasteiger charge is 2.11. The Morgan fingerprint density at radius 2 is 1.88 bits per heavy atom. The number of nitrogens with zero attached hydrogens (tertiary/aromatic N) is 1. The zero-order valence-electron chi connectivity index (χ0n) is 14.4. The first kappa shape index (κ1) is 17.2. The third-order valence-electron chi connectivity index (χ3n) is 3.88. The van der Waals surface area contributed by atoms with Crippen LogP contribution in [0.4, 0.5) is 5.69 Å². The number of ether oxygens (including phenoxy) is 1. The molecule has 0 aliphatic carbocycles. The number of carbonyl (C=O) groups excluding carboxylic acids is 1. The van der Waals surface area contributed by atoms with E-state index in [1.165, 1.54) is 0 Å². The summed E-state index contributed by atoms with van der Waals surface area (Å²) in [5.74, 6) is 0.263. The Balaban J connectivity index is 1.87. The standard InChI is InChI=1S/C22H18N2O2/c1-2-26-19-10-5-7-16(14-19)13-18(15-23)22(25)24-21-12-6-9-17-8-3-4-11-20(17)21/h3-14H,2H2,1H3,(H,24,25)/b18-13+. The average Bonchev–Trinajstić information content (AvgIpc) is 2.67. The molecule has 0 aromatic heterocycles. The minimum Gasteiger partial charge on any atom is -0.494 e. The third-order valence-corrected chi connectivity index (χ3v) is 3.88. The van der Waals surface area contributed by atoms with Crippen molar-refractivity contribution in [2.45, 2.75) is 6.92 Å². The smallest absolute Gasteiger partial charge is 0.266 e. The van der Waals surface area contributed by atoms with Crippen LogP contribution >= 0.6 is 0 Å². The van der Waals surface area contributed by atoms with Gasteiger partial charge in [0.1, 0.15) is 17.4 Å². The summed E-state index contributed by atoms with van der Waals surface area (Å²) in [7, 11) is 0. The zero-order chi connectivity index (χ0) is 18.4. The number of benzene rings is 3. The van der Waals surface area contributed by atoms with Crippen LogP contribution in [0.2, 0.25) is 0 Å². The lowest BCUT2D eigenvalue weighted by molar-refractivity contribution is -0.112. The first-order chi connectivity index (χ1) is 12.7. The Bertz CT molecular complexity index is 1010. The largest absolute Gasteiger partial charge is 0.494 e. The van der Waals surface area contributed by atoms with Crippen LogP contribution in [-0.2, 0) is 4.79 Å². The van der Waals surface area contributed by atoms with Gasteiger partial charge in [0.15, 0.2) is 0 Å².